The van der Waals surface area contributed by atoms with Crippen LogP contribution in [0.5, 0.6) is 0 Å². The van der Waals surface area contributed by atoms with Gasteiger partial charge < -0.3 is 15.4 Å². The minimum absolute atomic E-state index is 0.0686. The Bertz CT molecular complexity index is 186. The monoisotopic (exact) mass is 230 g/mol. The predicted molar refractivity (Wildman–Crippen MR) is 66.5 cm³/mol. The second-order valence-corrected chi connectivity index (χ2v) is 4.22. The molecule has 0 aliphatic heterocycles. The van der Waals surface area contributed by atoms with Crippen LogP contribution in [0.25, 0.3) is 0 Å². The van der Waals surface area contributed by atoms with E-state index in [0.29, 0.717) is 19.2 Å². The number of ether oxygens (including phenoxy) is 1. The van der Waals surface area contributed by atoms with E-state index in [2.05, 4.69) is 24.5 Å². The van der Waals surface area contributed by atoms with E-state index in [1.165, 1.54) is 0 Å². The fourth-order valence-corrected chi connectivity index (χ4v) is 1.60. The molecule has 0 heterocycles. The summed E-state index contributed by atoms with van der Waals surface area (Å²) < 4.78 is 4.91. The Labute approximate surface area is 99.1 Å². The second-order valence-electron chi connectivity index (χ2n) is 4.22. The Kier molecular flexibility index (Phi) is 9.24. The van der Waals surface area contributed by atoms with E-state index in [9.17, 15) is 4.79 Å². The zero-order valence-electron chi connectivity index (χ0n) is 11.0. The molecule has 4 nitrogen and oxygen atoms in total. The third kappa shape index (κ3) is 7.65. The van der Waals surface area contributed by atoms with E-state index >= 15 is 0 Å². The number of carbonyl (C=O) groups excluding carboxylic acids is 1. The maximum atomic E-state index is 11.6. The van der Waals surface area contributed by atoms with Crippen molar-refractivity contribution < 1.29 is 9.53 Å². The smallest absolute Gasteiger partial charge is 0.236 e. The highest BCUT2D eigenvalue weighted by atomic mass is 16.5. The first-order valence-electron chi connectivity index (χ1n) is 6.14. The summed E-state index contributed by atoms with van der Waals surface area (Å²) in [7, 11) is 1.67. The SMILES string of the molecule is CCCC(C)NC(C)C(=O)NCCCOC. The predicted octanol–water partition coefficient (Wildman–Crippen LogP) is 1.31. The highest BCUT2D eigenvalue weighted by Crippen LogP contribution is 1.96. The van der Waals surface area contributed by atoms with Crippen LogP contribution in [0.1, 0.15) is 40.0 Å². The lowest BCUT2D eigenvalue weighted by atomic mass is 10.1. The lowest BCUT2D eigenvalue weighted by molar-refractivity contribution is -0.122. The molecule has 0 saturated heterocycles. The van der Waals surface area contributed by atoms with Crippen LogP contribution < -0.4 is 10.6 Å². The molecule has 0 aromatic rings. The maximum absolute atomic E-state index is 11.6. The molecule has 2 atom stereocenters. The normalized spacial score (nSPS) is 14.5. The van der Waals surface area contributed by atoms with Gasteiger partial charge >= 0.3 is 0 Å². The van der Waals surface area contributed by atoms with Crippen LogP contribution in [-0.2, 0) is 9.53 Å². The molecular weight excluding hydrogens is 204 g/mol. The fourth-order valence-electron chi connectivity index (χ4n) is 1.60. The third-order valence-corrected chi connectivity index (χ3v) is 2.47. The fraction of sp³-hybridized carbons (Fsp3) is 0.917. The number of methoxy groups -OCH3 is 1. The van der Waals surface area contributed by atoms with Crippen molar-refractivity contribution in [1.82, 2.24) is 10.6 Å². The van der Waals surface area contributed by atoms with Crippen molar-refractivity contribution >= 4 is 5.91 Å². The van der Waals surface area contributed by atoms with Crippen LogP contribution in [0.3, 0.4) is 0 Å². The van der Waals surface area contributed by atoms with Crippen LogP contribution in [0, 0.1) is 0 Å². The topological polar surface area (TPSA) is 50.4 Å². The average molecular weight is 230 g/mol. The molecule has 2 unspecified atom stereocenters. The lowest BCUT2D eigenvalue weighted by Crippen LogP contribution is -2.46. The molecule has 1 amide bonds. The number of hydrogen-bond donors (Lipinski definition) is 2. The second kappa shape index (κ2) is 9.60. The highest BCUT2D eigenvalue weighted by Gasteiger charge is 2.13. The largest absolute Gasteiger partial charge is 0.385 e. The molecule has 4 heteroatoms. The molecule has 0 aromatic carbocycles. The Hall–Kier alpha value is -0.610. The van der Waals surface area contributed by atoms with E-state index in [0.717, 1.165) is 19.3 Å². The van der Waals surface area contributed by atoms with Crippen molar-refractivity contribution in [2.45, 2.75) is 52.1 Å². The number of rotatable bonds is 9. The van der Waals surface area contributed by atoms with Crippen LogP contribution >= 0.6 is 0 Å². The summed E-state index contributed by atoms with van der Waals surface area (Å²) in [5, 5.41) is 6.16. The van der Waals surface area contributed by atoms with Gasteiger partial charge in [-0.2, -0.15) is 0 Å². The number of amides is 1. The number of carbonyl (C=O) groups is 1. The van der Waals surface area contributed by atoms with Crippen LogP contribution in [0.15, 0.2) is 0 Å². The minimum atomic E-state index is -0.121. The molecule has 0 aromatic heterocycles. The molecule has 0 spiro atoms. The van der Waals surface area contributed by atoms with E-state index < -0.39 is 0 Å². The maximum Gasteiger partial charge on any atom is 0.236 e. The molecule has 0 rings (SSSR count). The van der Waals surface area contributed by atoms with E-state index in [1.807, 2.05) is 6.92 Å². The standard InChI is InChI=1S/C12H26N2O2/c1-5-7-10(2)14-11(3)12(15)13-8-6-9-16-4/h10-11,14H,5-9H2,1-4H3,(H,13,15). The zero-order chi connectivity index (χ0) is 12.4. The summed E-state index contributed by atoms with van der Waals surface area (Å²) >= 11 is 0. The van der Waals surface area contributed by atoms with E-state index in [-0.39, 0.29) is 11.9 Å². The van der Waals surface area contributed by atoms with E-state index in [1.54, 1.807) is 7.11 Å². The number of hydrogen-bond acceptors (Lipinski definition) is 3. The molecule has 16 heavy (non-hydrogen) atoms. The van der Waals surface area contributed by atoms with E-state index in [4.69, 9.17) is 4.74 Å². The molecule has 0 bridgehead atoms. The summed E-state index contributed by atoms with van der Waals surface area (Å²) in [6.45, 7) is 7.53. The zero-order valence-corrected chi connectivity index (χ0v) is 11.0. The average Bonchev–Trinajstić information content (AvgIpc) is 2.24. The van der Waals surface area contributed by atoms with Crippen molar-refractivity contribution in [3.63, 3.8) is 0 Å². The Morgan fingerprint density at radius 2 is 2.06 bits per heavy atom. The third-order valence-electron chi connectivity index (χ3n) is 2.47. The molecular formula is C12H26N2O2. The Morgan fingerprint density at radius 1 is 1.38 bits per heavy atom. The van der Waals surface area contributed by atoms with Gasteiger partial charge in [0.1, 0.15) is 0 Å². The van der Waals surface area contributed by atoms with Gasteiger partial charge in [0.05, 0.1) is 6.04 Å². The highest BCUT2D eigenvalue weighted by molar-refractivity contribution is 5.81. The summed E-state index contributed by atoms with van der Waals surface area (Å²) in [5.41, 5.74) is 0. The van der Waals surface area contributed by atoms with Crippen molar-refractivity contribution in [3.8, 4) is 0 Å². The quantitative estimate of drug-likeness (QED) is 0.587. The summed E-state index contributed by atoms with van der Waals surface area (Å²) in [6.07, 6.45) is 3.09. The van der Waals surface area contributed by atoms with Gasteiger partial charge in [-0.25, -0.2) is 0 Å². The van der Waals surface area contributed by atoms with Gasteiger partial charge in [-0.3, -0.25) is 4.79 Å². The Balaban J connectivity index is 3.64. The van der Waals surface area contributed by atoms with Crippen LogP contribution in [-0.4, -0.2) is 38.3 Å². The molecule has 0 aliphatic carbocycles. The van der Waals surface area contributed by atoms with Crippen LogP contribution in [0.4, 0.5) is 0 Å². The van der Waals surface area contributed by atoms with Gasteiger partial charge in [0.2, 0.25) is 5.91 Å². The molecule has 0 saturated carbocycles. The van der Waals surface area contributed by atoms with Crippen molar-refractivity contribution in [2.24, 2.45) is 0 Å². The first-order chi connectivity index (χ1) is 7.61. The lowest BCUT2D eigenvalue weighted by Gasteiger charge is -2.19. The van der Waals surface area contributed by atoms with Crippen LogP contribution in [0.2, 0.25) is 0 Å². The van der Waals surface area contributed by atoms with Crippen molar-refractivity contribution in [2.75, 3.05) is 20.3 Å². The van der Waals surface area contributed by atoms with Crippen molar-refractivity contribution in [3.05, 3.63) is 0 Å². The van der Waals surface area contributed by atoms with Gasteiger partial charge in [-0.1, -0.05) is 13.3 Å². The number of nitrogens with one attached hydrogen (secondary N) is 2. The molecule has 2 N–H and O–H groups in total. The summed E-state index contributed by atoms with van der Waals surface area (Å²) in [5.74, 6) is 0.0686. The Morgan fingerprint density at radius 3 is 2.62 bits per heavy atom. The minimum Gasteiger partial charge on any atom is -0.385 e. The van der Waals surface area contributed by atoms with Gasteiger partial charge in [-0.15, -0.1) is 0 Å². The molecule has 0 radical (unpaired) electrons. The molecule has 0 aliphatic rings. The first kappa shape index (κ1) is 15.4. The summed E-state index contributed by atoms with van der Waals surface area (Å²) in [4.78, 5) is 11.6. The van der Waals surface area contributed by atoms with Gasteiger partial charge in [-0.05, 0) is 26.7 Å². The van der Waals surface area contributed by atoms with Gasteiger partial charge in [0, 0.05) is 26.3 Å². The summed E-state index contributed by atoms with van der Waals surface area (Å²) in [6, 6.07) is 0.272. The van der Waals surface area contributed by atoms with Crippen molar-refractivity contribution in [1.29, 1.82) is 0 Å². The van der Waals surface area contributed by atoms with Gasteiger partial charge in [0.25, 0.3) is 0 Å². The molecule has 96 valence electrons. The first-order valence-corrected chi connectivity index (χ1v) is 6.14. The molecule has 0 fully saturated rings. The van der Waals surface area contributed by atoms with Gasteiger partial charge in [0.15, 0.2) is 0 Å².